The van der Waals surface area contributed by atoms with Gasteiger partial charge in [0.1, 0.15) is 0 Å². The van der Waals surface area contributed by atoms with Crippen LogP contribution in [0, 0.1) is 0 Å². The fourth-order valence-corrected chi connectivity index (χ4v) is 2.14. The lowest BCUT2D eigenvalue weighted by atomic mass is 10.2. The summed E-state index contributed by atoms with van der Waals surface area (Å²) in [5.41, 5.74) is 0.897. The highest BCUT2D eigenvalue weighted by Gasteiger charge is 2.11. The molecular weight excluding hydrogens is 322 g/mol. The van der Waals surface area contributed by atoms with Gasteiger partial charge in [-0.25, -0.2) is 0 Å². The molecule has 0 spiro atoms. The zero-order valence-electron chi connectivity index (χ0n) is 11.6. The Morgan fingerprint density at radius 2 is 2.15 bits per heavy atom. The van der Waals surface area contributed by atoms with Gasteiger partial charge >= 0.3 is 0 Å². The van der Waals surface area contributed by atoms with Crippen molar-refractivity contribution in [3.05, 3.63) is 34.6 Å². The topological polar surface area (TPSA) is 60.2 Å². The van der Waals surface area contributed by atoms with Gasteiger partial charge in [-0.2, -0.15) is 0 Å². The van der Waals surface area contributed by atoms with Gasteiger partial charge in [0.2, 0.25) is 11.8 Å². The summed E-state index contributed by atoms with van der Waals surface area (Å²) in [4.78, 5) is 0. The third-order valence-corrected chi connectivity index (χ3v) is 3.44. The molecule has 1 atom stereocenters. The van der Waals surface area contributed by atoms with Crippen molar-refractivity contribution in [3.8, 4) is 11.5 Å². The van der Waals surface area contributed by atoms with Gasteiger partial charge in [0, 0.05) is 17.1 Å². The summed E-state index contributed by atoms with van der Waals surface area (Å²) in [6.45, 7) is 5.96. The van der Waals surface area contributed by atoms with E-state index in [1.165, 1.54) is 0 Å². The summed E-state index contributed by atoms with van der Waals surface area (Å²) in [5, 5.41) is 11.4. The van der Waals surface area contributed by atoms with Crippen molar-refractivity contribution in [1.82, 2.24) is 15.5 Å². The molecule has 1 aromatic heterocycles. The van der Waals surface area contributed by atoms with Crippen molar-refractivity contribution in [1.29, 1.82) is 0 Å². The molecule has 108 valence electrons. The number of ether oxygens (including phenoxy) is 1. The standard InChI is InChI=1S/C14H18BrN3O2/c1-3-19-9-10(2)16-8-13-17-18-14(20-13)11-6-4-5-7-12(11)15/h4-7,10,16H,3,8-9H2,1-2H3. The average Bonchev–Trinajstić information content (AvgIpc) is 2.92. The number of hydrogen-bond acceptors (Lipinski definition) is 5. The maximum Gasteiger partial charge on any atom is 0.248 e. The van der Waals surface area contributed by atoms with E-state index in [2.05, 4.69) is 38.4 Å². The summed E-state index contributed by atoms with van der Waals surface area (Å²) in [7, 11) is 0. The van der Waals surface area contributed by atoms with E-state index in [9.17, 15) is 0 Å². The molecule has 0 saturated carbocycles. The second-order valence-corrected chi connectivity index (χ2v) is 5.28. The molecule has 1 unspecified atom stereocenters. The molecule has 0 amide bonds. The smallest absolute Gasteiger partial charge is 0.248 e. The molecule has 0 aliphatic rings. The number of rotatable bonds is 7. The van der Waals surface area contributed by atoms with Crippen LogP contribution >= 0.6 is 15.9 Å². The predicted molar refractivity (Wildman–Crippen MR) is 80.2 cm³/mol. The largest absolute Gasteiger partial charge is 0.419 e. The summed E-state index contributed by atoms with van der Waals surface area (Å²) in [6, 6.07) is 8.01. The Bertz CT molecular complexity index is 545. The number of nitrogens with zero attached hydrogens (tertiary/aromatic N) is 2. The van der Waals surface area contributed by atoms with E-state index < -0.39 is 0 Å². The summed E-state index contributed by atoms with van der Waals surface area (Å²) in [5.74, 6) is 1.09. The third-order valence-electron chi connectivity index (χ3n) is 2.74. The fraction of sp³-hybridized carbons (Fsp3) is 0.429. The van der Waals surface area contributed by atoms with Gasteiger partial charge in [0.15, 0.2) is 0 Å². The van der Waals surface area contributed by atoms with Gasteiger partial charge in [0.25, 0.3) is 0 Å². The normalized spacial score (nSPS) is 12.6. The third kappa shape index (κ3) is 4.13. The minimum absolute atomic E-state index is 0.244. The van der Waals surface area contributed by atoms with Crippen molar-refractivity contribution in [3.63, 3.8) is 0 Å². The Morgan fingerprint density at radius 1 is 1.35 bits per heavy atom. The van der Waals surface area contributed by atoms with E-state index in [1.54, 1.807) is 0 Å². The first-order valence-corrected chi connectivity index (χ1v) is 7.38. The zero-order valence-corrected chi connectivity index (χ0v) is 13.2. The van der Waals surface area contributed by atoms with Crippen LogP contribution in [0.25, 0.3) is 11.5 Å². The van der Waals surface area contributed by atoms with Gasteiger partial charge < -0.3 is 14.5 Å². The Kier molecular flexibility index (Phi) is 5.70. The number of benzene rings is 1. The molecule has 5 nitrogen and oxygen atoms in total. The van der Waals surface area contributed by atoms with E-state index in [0.717, 1.165) is 16.6 Å². The number of halogens is 1. The first-order valence-electron chi connectivity index (χ1n) is 6.59. The second-order valence-electron chi connectivity index (χ2n) is 4.42. The minimum atomic E-state index is 0.244. The van der Waals surface area contributed by atoms with Gasteiger partial charge in [-0.15, -0.1) is 10.2 Å². The Hall–Kier alpha value is -1.24. The van der Waals surface area contributed by atoms with Crippen molar-refractivity contribution in [2.24, 2.45) is 0 Å². The minimum Gasteiger partial charge on any atom is -0.419 e. The van der Waals surface area contributed by atoms with E-state index in [1.807, 2.05) is 31.2 Å². The van der Waals surface area contributed by atoms with Crippen LogP contribution in [0.5, 0.6) is 0 Å². The molecule has 0 radical (unpaired) electrons. The van der Waals surface area contributed by atoms with Crippen LogP contribution in [0.3, 0.4) is 0 Å². The average molecular weight is 340 g/mol. The molecule has 6 heteroatoms. The van der Waals surface area contributed by atoms with Gasteiger partial charge in [-0.05, 0) is 41.9 Å². The number of nitrogens with one attached hydrogen (secondary N) is 1. The van der Waals surface area contributed by atoms with Gasteiger partial charge in [-0.1, -0.05) is 12.1 Å². The molecule has 0 aliphatic carbocycles. The van der Waals surface area contributed by atoms with Crippen LogP contribution in [-0.4, -0.2) is 29.5 Å². The van der Waals surface area contributed by atoms with E-state index in [4.69, 9.17) is 9.15 Å². The van der Waals surface area contributed by atoms with Crippen LogP contribution in [0.4, 0.5) is 0 Å². The van der Waals surface area contributed by atoms with E-state index in [0.29, 0.717) is 24.9 Å². The lowest BCUT2D eigenvalue weighted by molar-refractivity contribution is 0.126. The molecule has 1 aromatic carbocycles. The molecule has 0 saturated heterocycles. The Morgan fingerprint density at radius 3 is 2.90 bits per heavy atom. The first-order chi connectivity index (χ1) is 9.70. The number of aromatic nitrogens is 2. The Balaban J connectivity index is 1.94. The molecule has 0 fully saturated rings. The van der Waals surface area contributed by atoms with Crippen molar-refractivity contribution in [2.75, 3.05) is 13.2 Å². The molecule has 20 heavy (non-hydrogen) atoms. The molecule has 1 heterocycles. The highest BCUT2D eigenvalue weighted by Crippen LogP contribution is 2.26. The van der Waals surface area contributed by atoms with E-state index >= 15 is 0 Å². The van der Waals surface area contributed by atoms with Gasteiger partial charge in [0.05, 0.1) is 18.7 Å². The SMILES string of the molecule is CCOCC(C)NCc1nnc(-c2ccccc2Br)o1. The molecule has 0 aliphatic heterocycles. The lowest BCUT2D eigenvalue weighted by Gasteiger charge is -2.11. The maximum absolute atomic E-state index is 5.65. The van der Waals surface area contributed by atoms with Crippen molar-refractivity contribution in [2.45, 2.75) is 26.4 Å². The molecule has 0 bridgehead atoms. The highest BCUT2D eigenvalue weighted by atomic mass is 79.9. The van der Waals surface area contributed by atoms with E-state index in [-0.39, 0.29) is 6.04 Å². The zero-order chi connectivity index (χ0) is 14.4. The molecule has 2 aromatic rings. The highest BCUT2D eigenvalue weighted by molar-refractivity contribution is 9.10. The molecule has 1 N–H and O–H groups in total. The van der Waals surface area contributed by atoms with Crippen LogP contribution in [0.1, 0.15) is 19.7 Å². The second kappa shape index (κ2) is 7.52. The molecule has 2 rings (SSSR count). The lowest BCUT2D eigenvalue weighted by Crippen LogP contribution is -2.30. The molecular formula is C14H18BrN3O2. The van der Waals surface area contributed by atoms with Gasteiger partial charge in [-0.3, -0.25) is 0 Å². The van der Waals surface area contributed by atoms with Crippen LogP contribution in [0.15, 0.2) is 33.2 Å². The number of hydrogen-bond donors (Lipinski definition) is 1. The maximum atomic E-state index is 5.65. The quantitative estimate of drug-likeness (QED) is 0.840. The monoisotopic (exact) mass is 339 g/mol. The summed E-state index contributed by atoms with van der Waals surface area (Å²) in [6.07, 6.45) is 0. The summed E-state index contributed by atoms with van der Waals surface area (Å²) >= 11 is 3.47. The van der Waals surface area contributed by atoms with Crippen molar-refractivity contribution < 1.29 is 9.15 Å². The van der Waals surface area contributed by atoms with Crippen LogP contribution in [-0.2, 0) is 11.3 Å². The predicted octanol–water partition coefficient (Wildman–Crippen LogP) is 3.01. The van der Waals surface area contributed by atoms with Crippen molar-refractivity contribution >= 4 is 15.9 Å². The first kappa shape index (κ1) is 15.2. The van der Waals surface area contributed by atoms with Crippen LogP contribution < -0.4 is 5.32 Å². The fourth-order valence-electron chi connectivity index (χ4n) is 1.68. The van der Waals surface area contributed by atoms with Crippen LogP contribution in [0.2, 0.25) is 0 Å². The Labute approximate surface area is 126 Å². The summed E-state index contributed by atoms with van der Waals surface area (Å²) < 4.78 is 11.9.